The quantitative estimate of drug-likeness (QED) is 0.160. The minimum atomic E-state index is -1.93. The van der Waals surface area contributed by atoms with Crippen molar-refractivity contribution in [2.24, 2.45) is 0 Å². The first-order chi connectivity index (χ1) is 15.9. The molecule has 3 fully saturated rings. The maximum absolute atomic E-state index is 10.2. The molecule has 16 heteroatoms. The third kappa shape index (κ3) is 5.23. The van der Waals surface area contributed by atoms with Crippen molar-refractivity contribution in [3.8, 4) is 0 Å². The molecular formula is C18H32O16. The summed E-state index contributed by atoms with van der Waals surface area (Å²) in [5.74, 6) is 0. The van der Waals surface area contributed by atoms with Crippen LogP contribution in [0.2, 0.25) is 0 Å². The Kier molecular flexibility index (Phi) is 9.18. The normalized spacial score (nSPS) is 54.7. The Morgan fingerprint density at radius 2 is 0.882 bits per heavy atom. The summed E-state index contributed by atoms with van der Waals surface area (Å²) in [5, 5.41) is 119. The zero-order valence-corrected chi connectivity index (χ0v) is 17.7. The molecule has 3 aliphatic rings. The first-order valence-corrected chi connectivity index (χ1v) is 10.6. The van der Waals surface area contributed by atoms with Gasteiger partial charge in [0.2, 0.25) is 0 Å². The lowest BCUT2D eigenvalue weighted by Crippen LogP contribution is -2.67. The van der Waals surface area contributed by atoms with Gasteiger partial charge in [-0.3, -0.25) is 0 Å². The third-order valence-electron chi connectivity index (χ3n) is 6.31. The van der Waals surface area contributed by atoms with Gasteiger partial charge in [0.05, 0.1) is 13.2 Å². The zero-order valence-electron chi connectivity index (χ0n) is 17.7. The fraction of sp³-hybridized carbons (Fsp3) is 1.00. The molecule has 0 amide bonds. The van der Waals surface area contributed by atoms with E-state index in [0.717, 1.165) is 0 Å². The van der Waals surface area contributed by atoms with Crippen molar-refractivity contribution in [1.82, 2.24) is 0 Å². The van der Waals surface area contributed by atoms with Crippen LogP contribution in [-0.2, 0) is 18.9 Å². The maximum Gasteiger partial charge on any atom is 0.187 e. The lowest BCUT2D eigenvalue weighted by atomic mass is 9.84. The van der Waals surface area contributed by atoms with Crippen LogP contribution in [0.15, 0.2) is 0 Å². The smallest absolute Gasteiger partial charge is 0.187 e. The highest BCUT2D eigenvalue weighted by molar-refractivity contribution is 5.00. The Bertz CT molecular complexity index is 637. The number of hydrogen-bond acceptors (Lipinski definition) is 16. The van der Waals surface area contributed by atoms with Crippen LogP contribution < -0.4 is 0 Å². The lowest BCUT2D eigenvalue weighted by molar-refractivity contribution is -0.351. The van der Waals surface area contributed by atoms with E-state index in [1.165, 1.54) is 0 Å². The molecule has 3 rings (SSSR count). The number of aliphatic hydroxyl groups is 12. The van der Waals surface area contributed by atoms with Crippen LogP contribution >= 0.6 is 0 Å². The number of ether oxygens (including phenoxy) is 4. The van der Waals surface area contributed by atoms with Gasteiger partial charge in [0.1, 0.15) is 85.5 Å². The Labute approximate surface area is 192 Å². The second kappa shape index (κ2) is 11.2. The maximum atomic E-state index is 10.2. The van der Waals surface area contributed by atoms with Gasteiger partial charge in [-0.15, -0.1) is 0 Å². The van der Waals surface area contributed by atoms with E-state index in [1.807, 2.05) is 0 Å². The molecule has 16 nitrogen and oxygen atoms in total. The molecule has 200 valence electrons. The lowest BCUT2D eigenvalue weighted by Gasteiger charge is -2.46. The van der Waals surface area contributed by atoms with Gasteiger partial charge in [-0.2, -0.15) is 0 Å². The Morgan fingerprint density at radius 1 is 0.471 bits per heavy atom. The molecule has 1 saturated carbocycles. The average Bonchev–Trinajstić information content (AvgIpc) is 2.82. The topological polar surface area (TPSA) is 280 Å². The molecule has 0 aromatic carbocycles. The van der Waals surface area contributed by atoms with Gasteiger partial charge in [-0.05, 0) is 0 Å². The fourth-order valence-corrected chi connectivity index (χ4v) is 4.07. The highest BCUT2D eigenvalue weighted by atomic mass is 16.7. The van der Waals surface area contributed by atoms with Crippen LogP contribution in [0.1, 0.15) is 0 Å². The Morgan fingerprint density at radius 3 is 1.41 bits per heavy atom. The molecule has 9 unspecified atom stereocenters. The van der Waals surface area contributed by atoms with E-state index < -0.39 is 111 Å². The minimum Gasteiger partial charge on any atom is -0.394 e. The van der Waals surface area contributed by atoms with Crippen molar-refractivity contribution in [2.45, 2.75) is 98.0 Å². The summed E-state index contributed by atoms with van der Waals surface area (Å²) in [7, 11) is 0. The molecule has 1 aliphatic carbocycles. The molecule has 0 aromatic rings. The number of hydrogen-bond donors (Lipinski definition) is 12. The molecule has 0 spiro atoms. The minimum absolute atomic E-state index is 0.646. The number of rotatable bonds is 6. The molecule has 2 heterocycles. The molecule has 2 aliphatic heterocycles. The van der Waals surface area contributed by atoms with Gasteiger partial charge in [-0.1, -0.05) is 0 Å². The zero-order chi connectivity index (χ0) is 25.5. The summed E-state index contributed by atoms with van der Waals surface area (Å²) in [6.07, 6.45) is -28.3. The van der Waals surface area contributed by atoms with Crippen LogP contribution in [0, 0.1) is 0 Å². The van der Waals surface area contributed by atoms with Crippen molar-refractivity contribution in [3.63, 3.8) is 0 Å². The summed E-state index contributed by atoms with van der Waals surface area (Å²) < 4.78 is 21.0. The fourth-order valence-electron chi connectivity index (χ4n) is 4.07. The van der Waals surface area contributed by atoms with Gasteiger partial charge >= 0.3 is 0 Å². The molecule has 0 bridgehead atoms. The molecule has 0 aromatic heterocycles. The second-order valence-electron chi connectivity index (χ2n) is 8.60. The first kappa shape index (κ1) is 27.9. The van der Waals surface area contributed by atoms with E-state index in [2.05, 4.69) is 0 Å². The van der Waals surface area contributed by atoms with Gasteiger partial charge in [-0.25, -0.2) is 0 Å². The third-order valence-corrected chi connectivity index (χ3v) is 6.31. The summed E-state index contributed by atoms with van der Waals surface area (Å²) in [6, 6.07) is 0. The molecule has 2 saturated heterocycles. The van der Waals surface area contributed by atoms with E-state index in [0.29, 0.717) is 0 Å². The Balaban J connectivity index is 1.67. The standard InChI is InChI=1S/C18H32O16/c19-1-3-5(20)7(22)14(29)17(32-3)31-2-4-6(21)8(23)15(30)18(33-4)34-16-12(27)10(25)9(24)11(26)13(16)28/h3-30H,1-2H2/t3?,4?,5-,6-,7+,8+,9?,10?,11?,12-,13?,14?,15?,16?,17-,18-/m0/s1. The SMILES string of the molecule is OCC1O[C@H](OCC2O[C@@H](OC3C(O)C(O)C(O)C(O)[C@@H]3O)C(O)[C@H](O)[C@H]2O)C(O)[C@H](O)[C@H]1O. The molecular weight excluding hydrogens is 472 g/mol. The van der Waals surface area contributed by atoms with Crippen LogP contribution in [0.4, 0.5) is 0 Å². The Hall–Kier alpha value is -0.640. The van der Waals surface area contributed by atoms with Crippen LogP contribution in [0.25, 0.3) is 0 Å². The van der Waals surface area contributed by atoms with E-state index >= 15 is 0 Å². The molecule has 0 radical (unpaired) electrons. The van der Waals surface area contributed by atoms with Crippen LogP contribution in [-0.4, -0.2) is 173 Å². The van der Waals surface area contributed by atoms with Crippen molar-refractivity contribution >= 4 is 0 Å². The highest BCUT2D eigenvalue weighted by Crippen LogP contribution is 2.30. The van der Waals surface area contributed by atoms with E-state index in [1.54, 1.807) is 0 Å². The van der Waals surface area contributed by atoms with E-state index in [9.17, 15) is 61.3 Å². The van der Waals surface area contributed by atoms with Gasteiger partial charge in [0, 0.05) is 0 Å². The first-order valence-electron chi connectivity index (χ1n) is 10.6. The monoisotopic (exact) mass is 504 g/mol. The van der Waals surface area contributed by atoms with Crippen molar-refractivity contribution in [3.05, 3.63) is 0 Å². The highest BCUT2D eigenvalue weighted by Gasteiger charge is 2.53. The average molecular weight is 504 g/mol. The summed E-state index contributed by atoms with van der Waals surface area (Å²) in [6.45, 7) is -1.36. The second-order valence-corrected chi connectivity index (χ2v) is 8.60. The van der Waals surface area contributed by atoms with Crippen molar-refractivity contribution in [2.75, 3.05) is 13.2 Å². The van der Waals surface area contributed by atoms with Crippen LogP contribution in [0.5, 0.6) is 0 Å². The predicted molar refractivity (Wildman–Crippen MR) is 101 cm³/mol. The van der Waals surface area contributed by atoms with E-state index in [4.69, 9.17) is 18.9 Å². The summed E-state index contributed by atoms with van der Waals surface area (Å²) >= 11 is 0. The largest absolute Gasteiger partial charge is 0.394 e. The van der Waals surface area contributed by atoms with Gasteiger partial charge in [0.25, 0.3) is 0 Å². The van der Waals surface area contributed by atoms with E-state index in [-0.39, 0.29) is 0 Å². The molecule has 34 heavy (non-hydrogen) atoms. The number of aliphatic hydroxyl groups excluding tert-OH is 12. The summed E-state index contributed by atoms with van der Waals surface area (Å²) in [5.41, 5.74) is 0. The van der Waals surface area contributed by atoms with Crippen LogP contribution in [0.3, 0.4) is 0 Å². The van der Waals surface area contributed by atoms with Crippen molar-refractivity contribution < 1.29 is 80.2 Å². The summed E-state index contributed by atoms with van der Waals surface area (Å²) in [4.78, 5) is 0. The van der Waals surface area contributed by atoms with Gasteiger partial charge in [0.15, 0.2) is 12.6 Å². The molecule has 12 N–H and O–H groups in total. The predicted octanol–water partition coefficient (Wildman–Crippen LogP) is -8.19. The van der Waals surface area contributed by atoms with Crippen molar-refractivity contribution in [1.29, 1.82) is 0 Å². The van der Waals surface area contributed by atoms with Gasteiger partial charge < -0.3 is 80.2 Å². The molecule has 16 atom stereocenters.